The van der Waals surface area contributed by atoms with Gasteiger partial charge < -0.3 is 10.6 Å². The van der Waals surface area contributed by atoms with Crippen LogP contribution in [0.15, 0.2) is 18.6 Å². The number of nitrogens with two attached hydrogens (primary N) is 1. The fourth-order valence-electron chi connectivity index (χ4n) is 1.44. The van der Waals surface area contributed by atoms with E-state index >= 15 is 0 Å². The first kappa shape index (κ1) is 7.49. The van der Waals surface area contributed by atoms with Crippen molar-refractivity contribution < 1.29 is 0 Å². The molecule has 1 aliphatic heterocycles. The van der Waals surface area contributed by atoms with E-state index in [0.717, 1.165) is 12.4 Å². The Morgan fingerprint density at radius 2 is 2.58 bits per heavy atom. The van der Waals surface area contributed by atoms with E-state index < -0.39 is 0 Å². The van der Waals surface area contributed by atoms with Crippen molar-refractivity contribution in [3.63, 3.8) is 0 Å². The quantitative estimate of drug-likeness (QED) is 0.669. The minimum absolute atomic E-state index is 0.486. The first-order chi connectivity index (χ1) is 5.92. The highest BCUT2D eigenvalue weighted by Gasteiger charge is 2.27. The van der Waals surface area contributed by atoms with Crippen LogP contribution in [0.1, 0.15) is 6.42 Å². The molecule has 0 bridgehead atoms. The summed E-state index contributed by atoms with van der Waals surface area (Å²) in [5.41, 5.74) is 5.58. The summed E-state index contributed by atoms with van der Waals surface area (Å²) in [6, 6.07) is 2.40. The van der Waals surface area contributed by atoms with E-state index in [2.05, 4.69) is 14.9 Å². The number of aromatic nitrogens is 2. The maximum absolute atomic E-state index is 5.58. The third-order valence-electron chi connectivity index (χ3n) is 2.28. The molecule has 1 aromatic rings. The van der Waals surface area contributed by atoms with Gasteiger partial charge in [0.2, 0.25) is 0 Å². The Bertz CT molecular complexity index is 246. The van der Waals surface area contributed by atoms with Gasteiger partial charge in [-0.25, -0.2) is 9.97 Å². The van der Waals surface area contributed by atoms with Crippen LogP contribution in [0.3, 0.4) is 0 Å². The zero-order valence-corrected chi connectivity index (χ0v) is 6.85. The number of anilines is 1. The fourth-order valence-corrected chi connectivity index (χ4v) is 1.44. The van der Waals surface area contributed by atoms with Crippen molar-refractivity contribution in [1.29, 1.82) is 0 Å². The second kappa shape index (κ2) is 3.06. The molecule has 0 spiro atoms. The van der Waals surface area contributed by atoms with Crippen molar-refractivity contribution in [2.75, 3.05) is 18.0 Å². The van der Waals surface area contributed by atoms with E-state index in [9.17, 15) is 0 Å². The molecule has 1 aromatic heterocycles. The lowest BCUT2D eigenvalue weighted by atomic mass is 10.0. The summed E-state index contributed by atoms with van der Waals surface area (Å²) in [4.78, 5) is 10.2. The molecule has 0 saturated carbocycles. The summed E-state index contributed by atoms with van der Waals surface area (Å²) in [6.07, 6.45) is 4.51. The molecular weight excluding hydrogens is 152 g/mol. The molecule has 1 fully saturated rings. The van der Waals surface area contributed by atoms with E-state index in [1.54, 1.807) is 12.5 Å². The summed E-state index contributed by atoms with van der Waals surface area (Å²) >= 11 is 0. The number of hydrogen-bond acceptors (Lipinski definition) is 4. The summed E-state index contributed by atoms with van der Waals surface area (Å²) in [6.45, 7) is 1.78. The molecule has 0 amide bonds. The van der Waals surface area contributed by atoms with Gasteiger partial charge in [-0.15, -0.1) is 0 Å². The van der Waals surface area contributed by atoms with Crippen LogP contribution in [0.2, 0.25) is 0 Å². The van der Waals surface area contributed by atoms with E-state index in [-0.39, 0.29) is 0 Å². The zero-order chi connectivity index (χ0) is 8.39. The molecule has 64 valence electrons. The molecule has 0 radical (unpaired) electrons. The molecule has 1 unspecified atom stereocenters. The van der Waals surface area contributed by atoms with Crippen LogP contribution in [0.4, 0.5) is 5.82 Å². The molecule has 2 heterocycles. The molecule has 4 nitrogen and oxygen atoms in total. The van der Waals surface area contributed by atoms with Gasteiger partial charge in [0.25, 0.3) is 0 Å². The summed E-state index contributed by atoms with van der Waals surface area (Å²) in [5, 5.41) is 0. The third kappa shape index (κ3) is 1.14. The Kier molecular flexibility index (Phi) is 1.91. The predicted molar refractivity (Wildman–Crippen MR) is 46.8 cm³/mol. The average Bonchev–Trinajstić information content (AvgIpc) is 2.05. The Balaban J connectivity index is 2.11. The molecule has 2 N–H and O–H groups in total. The lowest BCUT2D eigenvalue weighted by Gasteiger charge is -2.41. The van der Waals surface area contributed by atoms with Gasteiger partial charge in [0.15, 0.2) is 0 Å². The fraction of sp³-hybridized carbons (Fsp3) is 0.500. The van der Waals surface area contributed by atoms with Crippen LogP contribution in [0, 0.1) is 0 Å². The largest absolute Gasteiger partial charge is 0.352 e. The van der Waals surface area contributed by atoms with Gasteiger partial charge in [-0.1, -0.05) is 0 Å². The second-order valence-electron chi connectivity index (χ2n) is 2.94. The Morgan fingerprint density at radius 3 is 3.08 bits per heavy atom. The van der Waals surface area contributed by atoms with Crippen molar-refractivity contribution in [2.45, 2.75) is 12.5 Å². The normalized spacial score (nSPS) is 22.1. The number of nitrogens with zero attached hydrogens (tertiary/aromatic N) is 3. The Morgan fingerprint density at radius 1 is 1.67 bits per heavy atom. The molecule has 1 atom stereocenters. The van der Waals surface area contributed by atoms with Gasteiger partial charge in [-0.05, 0) is 12.5 Å². The smallest absolute Gasteiger partial charge is 0.132 e. The first-order valence-corrected chi connectivity index (χ1v) is 4.14. The molecule has 0 aliphatic carbocycles. The second-order valence-corrected chi connectivity index (χ2v) is 2.94. The van der Waals surface area contributed by atoms with Crippen LogP contribution in [-0.2, 0) is 0 Å². The van der Waals surface area contributed by atoms with E-state index in [1.807, 2.05) is 6.07 Å². The van der Waals surface area contributed by atoms with Crippen molar-refractivity contribution >= 4 is 5.82 Å². The van der Waals surface area contributed by atoms with Gasteiger partial charge in [0.05, 0.1) is 0 Å². The van der Waals surface area contributed by atoms with E-state index in [4.69, 9.17) is 5.73 Å². The van der Waals surface area contributed by atoms with Crippen molar-refractivity contribution in [2.24, 2.45) is 5.73 Å². The van der Waals surface area contributed by atoms with Gasteiger partial charge in [-0.3, -0.25) is 0 Å². The van der Waals surface area contributed by atoms with Crippen LogP contribution >= 0.6 is 0 Å². The zero-order valence-electron chi connectivity index (χ0n) is 6.85. The molecule has 4 heteroatoms. The predicted octanol–water partition coefficient (Wildman–Crippen LogP) is 0.0140. The van der Waals surface area contributed by atoms with Crippen LogP contribution in [0.5, 0.6) is 0 Å². The molecule has 12 heavy (non-hydrogen) atoms. The van der Waals surface area contributed by atoms with E-state index in [1.165, 1.54) is 6.42 Å². The van der Waals surface area contributed by atoms with Crippen LogP contribution < -0.4 is 10.6 Å². The van der Waals surface area contributed by atoms with Gasteiger partial charge in [0.1, 0.15) is 12.1 Å². The first-order valence-electron chi connectivity index (χ1n) is 4.14. The highest BCUT2D eigenvalue weighted by Crippen LogP contribution is 2.22. The number of hydrogen-bond donors (Lipinski definition) is 1. The topological polar surface area (TPSA) is 55.0 Å². The molecule has 0 aromatic carbocycles. The minimum atomic E-state index is 0.486. The Hall–Kier alpha value is -1.16. The highest BCUT2D eigenvalue weighted by molar-refractivity contribution is 5.41. The van der Waals surface area contributed by atoms with Crippen molar-refractivity contribution in [1.82, 2.24) is 9.97 Å². The standard InChI is InChI=1S/C8H12N4/c9-5-7-2-4-12(7)8-1-3-10-6-11-8/h1,3,6-7H,2,4-5,9H2. The molecule has 1 saturated heterocycles. The lowest BCUT2D eigenvalue weighted by molar-refractivity contribution is 0.451. The van der Waals surface area contributed by atoms with Gasteiger partial charge in [0, 0.05) is 25.3 Å². The van der Waals surface area contributed by atoms with Crippen LogP contribution in [-0.4, -0.2) is 29.1 Å². The van der Waals surface area contributed by atoms with Gasteiger partial charge in [-0.2, -0.15) is 0 Å². The average molecular weight is 164 g/mol. The third-order valence-corrected chi connectivity index (χ3v) is 2.28. The van der Waals surface area contributed by atoms with Crippen LogP contribution in [0.25, 0.3) is 0 Å². The maximum atomic E-state index is 5.58. The molecule has 1 aliphatic rings. The molecule has 2 rings (SSSR count). The number of rotatable bonds is 2. The highest BCUT2D eigenvalue weighted by atomic mass is 15.3. The summed E-state index contributed by atoms with van der Waals surface area (Å²) in [5.74, 6) is 0.992. The SMILES string of the molecule is NCC1CCN1c1ccncn1. The minimum Gasteiger partial charge on any atom is -0.352 e. The lowest BCUT2D eigenvalue weighted by Crippen LogP contribution is -2.52. The van der Waals surface area contributed by atoms with E-state index in [0.29, 0.717) is 12.6 Å². The monoisotopic (exact) mass is 164 g/mol. The Labute approximate surface area is 71.4 Å². The summed E-state index contributed by atoms with van der Waals surface area (Å²) < 4.78 is 0. The van der Waals surface area contributed by atoms with Crippen molar-refractivity contribution in [3.05, 3.63) is 18.6 Å². The maximum Gasteiger partial charge on any atom is 0.132 e. The molecular formula is C8H12N4. The summed E-state index contributed by atoms with van der Waals surface area (Å²) in [7, 11) is 0. The van der Waals surface area contributed by atoms with Crippen molar-refractivity contribution in [3.8, 4) is 0 Å². The van der Waals surface area contributed by atoms with Gasteiger partial charge >= 0.3 is 0 Å².